The minimum Gasteiger partial charge on any atom is -0.394 e. The van der Waals surface area contributed by atoms with Crippen LogP contribution in [-0.4, -0.2) is 34.9 Å². The standard InChI is InChI=1S/C4H2O3.C3H8O2/c5-3-1-2-4(6)7-3;1-3(5)2-4/h1-2H;3-5H,2H2,1H3. The predicted octanol–water partition coefficient (Wildman–Crippen LogP) is -1.01. The van der Waals surface area contributed by atoms with E-state index >= 15 is 0 Å². The van der Waals surface area contributed by atoms with Gasteiger partial charge in [-0.1, -0.05) is 0 Å². The molecule has 1 aliphatic rings. The average molecular weight is 174 g/mol. The molecule has 1 aliphatic heterocycles. The maximum atomic E-state index is 9.92. The zero-order valence-corrected chi connectivity index (χ0v) is 6.56. The van der Waals surface area contributed by atoms with Crippen LogP contribution in [0.2, 0.25) is 0 Å². The molecular formula is C7H10O5. The zero-order chi connectivity index (χ0) is 9.56. The summed E-state index contributed by atoms with van der Waals surface area (Å²) in [6, 6.07) is 0. The van der Waals surface area contributed by atoms with Crippen molar-refractivity contribution >= 4 is 11.9 Å². The lowest BCUT2D eigenvalue weighted by Crippen LogP contribution is -2.03. The monoisotopic (exact) mass is 174 g/mol. The van der Waals surface area contributed by atoms with E-state index in [9.17, 15) is 9.59 Å². The Balaban J connectivity index is 0.000000217. The van der Waals surface area contributed by atoms with Gasteiger partial charge in [0.1, 0.15) is 0 Å². The summed E-state index contributed by atoms with van der Waals surface area (Å²) in [5.74, 6) is -1.16. The first-order valence-corrected chi connectivity index (χ1v) is 3.29. The molecule has 0 radical (unpaired) electrons. The zero-order valence-electron chi connectivity index (χ0n) is 6.56. The van der Waals surface area contributed by atoms with Crippen LogP contribution in [0, 0.1) is 0 Å². The molecule has 0 aliphatic carbocycles. The fourth-order valence-electron chi connectivity index (χ4n) is 0.303. The number of cyclic esters (lactones) is 2. The molecule has 0 spiro atoms. The minimum atomic E-state index is -0.579. The van der Waals surface area contributed by atoms with Crippen molar-refractivity contribution in [3.8, 4) is 0 Å². The molecule has 1 heterocycles. The van der Waals surface area contributed by atoms with Gasteiger partial charge < -0.3 is 14.9 Å². The first kappa shape index (κ1) is 10.8. The Morgan fingerprint density at radius 1 is 1.42 bits per heavy atom. The van der Waals surface area contributed by atoms with E-state index in [0.29, 0.717) is 0 Å². The van der Waals surface area contributed by atoms with Gasteiger partial charge in [-0.3, -0.25) is 0 Å². The van der Waals surface area contributed by atoms with Crippen LogP contribution in [0.4, 0.5) is 0 Å². The SMILES string of the molecule is CC(O)CO.O=C1C=CC(=O)O1. The molecule has 68 valence electrons. The summed E-state index contributed by atoms with van der Waals surface area (Å²) in [7, 11) is 0. The number of carbonyl (C=O) groups is 2. The molecule has 12 heavy (non-hydrogen) atoms. The molecule has 1 rings (SSSR count). The Hall–Kier alpha value is -1.20. The van der Waals surface area contributed by atoms with Crippen molar-refractivity contribution < 1.29 is 24.5 Å². The number of ether oxygens (including phenoxy) is 1. The van der Waals surface area contributed by atoms with Gasteiger partial charge in [0, 0.05) is 12.2 Å². The molecule has 1 unspecified atom stereocenters. The lowest BCUT2D eigenvalue weighted by molar-refractivity contribution is -0.150. The van der Waals surface area contributed by atoms with Crippen LogP contribution < -0.4 is 0 Å². The van der Waals surface area contributed by atoms with Crippen molar-refractivity contribution in [1.29, 1.82) is 0 Å². The Bertz CT molecular complexity index is 178. The lowest BCUT2D eigenvalue weighted by Gasteiger charge is -1.90. The maximum Gasteiger partial charge on any atom is 0.338 e. The van der Waals surface area contributed by atoms with Gasteiger partial charge in [0.25, 0.3) is 0 Å². The van der Waals surface area contributed by atoms with Gasteiger partial charge >= 0.3 is 11.9 Å². The van der Waals surface area contributed by atoms with Crippen molar-refractivity contribution in [3.63, 3.8) is 0 Å². The van der Waals surface area contributed by atoms with E-state index in [2.05, 4.69) is 4.74 Å². The average Bonchev–Trinajstić information content (AvgIpc) is 2.36. The van der Waals surface area contributed by atoms with Crippen molar-refractivity contribution in [3.05, 3.63) is 12.2 Å². The summed E-state index contributed by atoms with van der Waals surface area (Å²) in [6.45, 7) is 1.39. The number of aliphatic hydroxyl groups excluding tert-OH is 2. The molecule has 5 heteroatoms. The third-order valence-electron chi connectivity index (χ3n) is 0.821. The van der Waals surface area contributed by atoms with Crippen LogP contribution in [0.25, 0.3) is 0 Å². The highest BCUT2D eigenvalue weighted by Gasteiger charge is 2.10. The van der Waals surface area contributed by atoms with Gasteiger partial charge in [0.05, 0.1) is 12.7 Å². The fraction of sp³-hybridized carbons (Fsp3) is 0.429. The van der Waals surface area contributed by atoms with E-state index in [1.807, 2.05) is 0 Å². The highest BCUT2D eigenvalue weighted by Crippen LogP contribution is 1.92. The second-order valence-electron chi connectivity index (χ2n) is 2.11. The Morgan fingerprint density at radius 3 is 1.83 bits per heavy atom. The van der Waals surface area contributed by atoms with Crippen molar-refractivity contribution in [2.24, 2.45) is 0 Å². The largest absolute Gasteiger partial charge is 0.394 e. The van der Waals surface area contributed by atoms with Gasteiger partial charge in [-0.2, -0.15) is 0 Å². The topological polar surface area (TPSA) is 83.8 Å². The van der Waals surface area contributed by atoms with E-state index in [4.69, 9.17) is 10.2 Å². The second kappa shape index (κ2) is 5.45. The molecule has 0 aromatic carbocycles. The van der Waals surface area contributed by atoms with E-state index in [1.165, 1.54) is 6.92 Å². The Morgan fingerprint density at radius 2 is 1.75 bits per heavy atom. The number of aliphatic hydroxyl groups is 2. The normalized spacial score (nSPS) is 16.6. The molecule has 0 bridgehead atoms. The second-order valence-corrected chi connectivity index (χ2v) is 2.11. The maximum absolute atomic E-state index is 9.92. The highest BCUT2D eigenvalue weighted by atomic mass is 16.6. The third-order valence-corrected chi connectivity index (χ3v) is 0.821. The molecular weight excluding hydrogens is 164 g/mol. The highest BCUT2D eigenvalue weighted by molar-refractivity contribution is 6.04. The fourth-order valence-corrected chi connectivity index (χ4v) is 0.303. The van der Waals surface area contributed by atoms with Crippen LogP contribution >= 0.6 is 0 Å². The summed E-state index contributed by atoms with van der Waals surface area (Å²) < 4.78 is 3.97. The third kappa shape index (κ3) is 5.57. The molecule has 0 saturated carbocycles. The predicted molar refractivity (Wildman–Crippen MR) is 39.0 cm³/mol. The summed E-state index contributed by atoms with van der Waals surface area (Å²) >= 11 is 0. The number of rotatable bonds is 1. The van der Waals surface area contributed by atoms with Gasteiger partial charge in [0.15, 0.2) is 0 Å². The van der Waals surface area contributed by atoms with Crippen molar-refractivity contribution in [2.75, 3.05) is 6.61 Å². The van der Waals surface area contributed by atoms with Crippen LogP contribution in [0.5, 0.6) is 0 Å². The minimum absolute atomic E-state index is 0.139. The number of esters is 2. The molecule has 0 amide bonds. The summed E-state index contributed by atoms with van der Waals surface area (Å²) in [6.07, 6.45) is 1.61. The molecule has 0 saturated heterocycles. The molecule has 5 nitrogen and oxygen atoms in total. The van der Waals surface area contributed by atoms with Gasteiger partial charge in [0.2, 0.25) is 0 Å². The molecule has 0 aromatic rings. The first-order chi connectivity index (χ1) is 5.56. The number of hydrogen-bond donors (Lipinski definition) is 2. The smallest absolute Gasteiger partial charge is 0.338 e. The van der Waals surface area contributed by atoms with E-state index in [1.54, 1.807) is 0 Å². The van der Waals surface area contributed by atoms with Crippen molar-refractivity contribution in [1.82, 2.24) is 0 Å². The number of hydrogen-bond acceptors (Lipinski definition) is 5. The van der Waals surface area contributed by atoms with Crippen LogP contribution in [0.3, 0.4) is 0 Å². The molecule has 0 fully saturated rings. The molecule has 0 aromatic heterocycles. The van der Waals surface area contributed by atoms with Crippen LogP contribution in [0.15, 0.2) is 12.2 Å². The summed E-state index contributed by atoms with van der Waals surface area (Å²) in [5.41, 5.74) is 0. The number of carbonyl (C=O) groups excluding carboxylic acids is 2. The Kier molecular flexibility index (Phi) is 4.91. The summed E-state index contributed by atoms with van der Waals surface area (Å²) in [4.78, 5) is 19.8. The first-order valence-electron chi connectivity index (χ1n) is 3.29. The summed E-state index contributed by atoms with van der Waals surface area (Å²) in [5, 5.41) is 16.0. The van der Waals surface area contributed by atoms with Crippen LogP contribution in [0.1, 0.15) is 6.92 Å². The van der Waals surface area contributed by atoms with Gasteiger partial charge in [-0.15, -0.1) is 0 Å². The van der Waals surface area contributed by atoms with Gasteiger partial charge in [-0.05, 0) is 6.92 Å². The van der Waals surface area contributed by atoms with Crippen LogP contribution in [-0.2, 0) is 14.3 Å². The van der Waals surface area contributed by atoms with Gasteiger partial charge in [-0.25, -0.2) is 9.59 Å². The van der Waals surface area contributed by atoms with E-state index in [-0.39, 0.29) is 6.61 Å². The van der Waals surface area contributed by atoms with Crippen molar-refractivity contribution in [2.45, 2.75) is 13.0 Å². The van der Waals surface area contributed by atoms with E-state index < -0.39 is 18.0 Å². The lowest BCUT2D eigenvalue weighted by atomic mass is 10.5. The van der Waals surface area contributed by atoms with E-state index in [0.717, 1.165) is 12.2 Å². The quantitative estimate of drug-likeness (QED) is 0.393. The molecule has 1 atom stereocenters. The molecule has 2 N–H and O–H groups in total. The Labute approximate surface area is 69.3 Å².